The second-order valence-electron chi connectivity index (χ2n) is 6.83. The highest BCUT2D eigenvalue weighted by Crippen LogP contribution is 2.23. The van der Waals surface area contributed by atoms with Crippen molar-refractivity contribution >= 4 is 11.7 Å². The summed E-state index contributed by atoms with van der Waals surface area (Å²) in [7, 11) is 0. The molecule has 0 saturated heterocycles. The van der Waals surface area contributed by atoms with Crippen LogP contribution in [-0.4, -0.2) is 11.7 Å². The molecule has 0 spiro atoms. The van der Waals surface area contributed by atoms with E-state index in [1.807, 2.05) is 38.1 Å². The van der Waals surface area contributed by atoms with Gasteiger partial charge in [0.15, 0.2) is 5.78 Å². The maximum absolute atomic E-state index is 12.4. The molecule has 0 radical (unpaired) electrons. The Bertz CT molecular complexity index is 651. The van der Waals surface area contributed by atoms with Gasteiger partial charge >= 0.3 is 0 Å². The Kier molecular flexibility index (Phi) is 5.19. The SMILES string of the molecule is CC(=O)NC(C)(C)c1ccc(C(=O)CC2=CCC(C)C=C2)cc1. The second kappa shape index (κ2) is 6.95. The van der Waals surface area contributed by atoms with E-state index in [2.05, 4.69) is 30.5 Å². The first kappa shape index (κ1) is 17.2. The molecule has 1 unspecified atom stereocenters. The van der Waals surface area contributed by atoms with Crippen LogP contribution in [0, 0.1) is 5.92 Å². The Morgan fingerprint density at radius 3 is 2.39 bits per heavy atom. The van der Waals surface area contributed by atoms with Gasteiger partial charge in [-0.3, -0.25) is 9.59 Å². The molecule has 1 aliphatic rings. The molecule has 1 aromatic carbocycles. The van der Waals surface area contributed by atoms with Gasteiger partial charge < -0.3 is 5.32 Å². The molecule has 23 heavy (non-hydrogen) atoms. The first-order chi connectivity index (χ1) is 10.8. The monoisotopic (exact) mass is 311 g/mol. The molecule has 0 heterocycles. The minimum absolute atomic E-state index is 0.0691. The molecule has 3 nitrogen and oxygen atoms in total. The van der Waals surface area contributed by atoms with Crippen molar-refractivity contribution in [3.05, 3.63) is 59.2 Å². The Morgan fingerprint density at radius 1 is 1.22 bits per heavy atom. The summed E-state index contributed by atoms with van der Waals surface area (Å²) in [5, 5.41) is 2.91. The molecule has 0 saturated carbocycles. The predicted molar refractivity (Wildman–Crippen MR) is 93.2 cm³/mol. The summed E-state index contributed by atoms with van der Waals surface area (Å²) in [6.45, 7) is 7.57. The first-order valence-electron chi connectivity index (χ1n) is 8.07. The van der Waals surface area contributed by atoms with Crippen molar-refractivity contribution in [1.82, 2.24) is 5.32 Å². The highest BCUT2D eigenvalue weighted by atomic mass is 16.1. The van der Waals surface area contributed by atoms with Gasteiger partial charge in [-0.05, 0) is 37.3 Å². The molecule has 0 bridgehead atoms. The third-order valence-electron chi connectivity index (χ3n) is 4.17. The topological polar surface area (TPSA) is 46.2 Å². The zero-order valence-electron chi connectivity index (χ0n) is 14.3. The lowest BCUT2D eigenvalue weighted by Gasteiger charge is -2.26. The maximum atomic E-state index is 12.4. The molecule has 1 aliphatic carbocycles. The van der Waals surface area contributed by atoms with Crippen LogP contribution in [0.4, 0.5) is 0 Å². The summed E-state index contributed by atoms with van der Waals surface area (Å²) in [6.07, 6.45) is 7.80. The van der Waals surface area contributed by atoms with Crippen molar-refractivity contribution in [3.8, 4) is 0 Å². The van der Waals surface area contributed by atoms with E-state index in [9.17, 15) is 9.59 Å². The molecule has 122 valence electrons. The van der Waals surface area contributed by atoms with Crippen LogP contribution in [0.5, 0.6) is 0 Å². The van der Waals surface area contributed by atoms with Crippen molar-refractivity contribution in [3.63, 3.8) is 0 Å². The largest absolute Gasteiger partial charge is 0.347 e. The minimum atomic E-state index is -0.446. The van der Waals surface area contributed by atoms with Crippen LogP contribution >= 0.6 is 0 Å². The van der Waals surface area contributed by atoms with E-state index in [4.69, 9.17) is 0 Å². The number of ketones is 1. The highest BCUT2D eigenvalue weighted by Gasteiger charge is 2.21. The Hall–Kier alpha value is -2.16. The Balaban J connectivity index is 2.06. The van der Waals surface area contributed by atoms with E-state index in [1.165, 1.54) is 6.92 Å². The van der Waals surface area contributed by atoms with Crippen LogP contribution in [0.3, 0.4) is 0 Å². The molecule has 2 rings (SSSR count). The van der Waals surface area contributed by atoms with E-state index in [-0.39, 0.29) is 11.7 Å². The molecular weight excluding hydrogens is 286 g/mol. The molecule has 1 aromatic rings. The zero-order valence-corrected chi connectivity index (χ0v) is 14.3. The summed E-state index contributed by atoms with van der Waals surface area (Å²) in [5.74, 6) is 0.615. The number of hydrogen-bond donors (Lipinski definition) is 1. The smallest absolute Gasteiger partial charge is 0.217 e. The fraction of sp³-hybridized carbons (Fsp3) is 0.400. The molecule has 1 amide bonds. The summed E-state index contributed by atoms with van der Waals surface area (Å²) in [4.78, 5) is 23.7. The van der Waals surface area contributed by atoms with Crippen molar-refractivity contribution in [2.24, 2.45) is 5.92 Å². The number of benzene rings is 1. The van der Waals surface area contributed by atoms with Crippen LogP contribution < -0.4 is 5.32 Å². The van der Waals surface area contributed by atoms with Crippen LogP contribution in [0.2, 0.25) is 0 Å². The van der Waals surface area contributed by atoms with Crippen LogP contribution in [0.1, 0.15) is 56.5 Å². The average molecular weight is 311 g/mol. The van der Waals surface area contributed by atoms with Gasteiger partial charge in [-0.1, -0.05) is 49.4 Å². The lowest BCUT2D eigenvalue weighted by molar-refractivity contribution is -0.120. The summed E-state index contributed by atoms with van der Waals surface area (Å²) in [6, 6.07) is 7.51. The van der Waals surface area contributed by atoms with E-state index >= 15 is 0 Å². The number of Topliss-reactive ketones (excluding diaryl/α,β-unsaturated/α-hetero) is 1. The van der Waals surface area contributed by atoms with Crippen LogP contribution in [0.15, 0.2) is 48.1 Å². The van der Waals surface area contributed by atoms with E-state index in [0.717, 1.165) is 17.6 Å². The number of allylic oxidation sites excluding steroid dienone is 4. The van der Waals surface area contributed by atoms with Gasteiger partial charge in [0.1, 0.15) is 0 Å². The fourth-order valence-corrected chi connectivity index (χ4v) is 2.78. The van der Waals surface area contributed by atoms with Gasteiger partial charge in [0.05, 0.1) is 5.54 Å². The standard InChI is InChI=1S/C20H25NO2/c1-14-5-7-16(8-6-14)13-19(23)17-9-11-18(12-10-17)20(3,4)21-15(2)22/h5,7-12,14H,6,13H2,1-4H3,(H,21,22). The van der Waals surface area contributed by atoms with Gasteiger partial charge in [0.2, 0.25) is 5.91 Å². The number of amides is 1. The van der Waals surface area contributed by atoms with Crippen LogP contribution in [0.25, 0.3) is 0 Å². The van der Waals surface area contributed by atoms with Gasteiger partial charge in [0.25, 0.3) is 0 Å². The molecule has 0 fully saturated rings. The quantitative estimate of drug-likeness (QED) is 0.830. The molecule has 0 aliphatic heterocycles. The third-order valence-corrected chi connectivity index (χ3v) is 4.17. The Labute approximate surface area is 138 Å². The lowest BCUT2D eigenvalue weighted by Crippen LogP contribution is -2.39. The number of nitrogens with one attached hydrogen (secondary N) is 1. The van der Waals surface area contributed by atoms with Crippen molar-refractivity contribution in [2.45, 2.75) is 46.1 Å². The van der Waals surface area contributed by atoms with Crippen LogP contribution in [-0.2, 0) is 10.3 Å². The minimum Gasteiger partial charge on any atom is -0.347 e. The summed E-state index contributed by atoms with van der Waals surface area (Å²) < 4.78 is 0. The molecule has 1 atom stereocenters. The van der Waals surface area contributed by atoms with Crippen molar-refractivity contribution in [1.29, 1.82) is 0 Å². The van der Waals surface area contributed by atoms with E-state index < -0.39 is 5.54 Å². The molecule has 3 heteroatoms. The first-order valence-corrected chi connectivity index (χ1v) is 8.07. The third kappa shape index (κ3) is 4.65. The highest BCUT2D eigenvalue weighted by molar-refractivity contribution is 5.97. The van der Waals surface area contributed by atoms with Crippen molar-refractivity contribution in [2.75, 3.05) is 0 Å². The van der Waals surface area contributed by atoms with Gasteiger partial charge in [-0.15, -0.1) is 0 Å². The van der Waals surface area contributed by atoms with E-state index in [1.54, 1.807) is 0 Å². The number of rotatable bonds is 5. The molecule has 0 aromatic heterocycles. The zero-order chi connectivity index (χ0) is 17.0. The predicted octanol–water partition coefficient (Wildman–Crippen LogP) is 4.15. The van der Waals surface area contributed by atoms with Crippen molar-refractivity contribution < 1.29 is 9.59 Å². The number of hydrogen-bond acceptors (Lipinski definition) is 2. The lowest BCUT2D eigenvalue weighted by atomic mass is 9.91. The number of carbonyl (C=O) groups excluding carboxylic acids is 2. The normalized spacial score (nSPS) is 17.6. The summed E-state index contributed by atoms with van der Waals surface area (Å²) >= 11 is 0. The van der Waals surface area contributed by atoms with E-state index in [0.29, 0.717) is 17.9 Å². The number of carbonyl (C=O) groups is 2. The second-order valence-corrected chi connectivity index (χ2v) is 6.83. The maximum Gasteiger partial charge on any atom is 0.217 e. The molecular formula is C20H25NO2. The van der Waals surface area contributed by atoms with Gasteiger partial charge in [-0.2, -0.15) is 0 Å². The Morgan fingerprint density at radius 2 is 1.87 bits per heavy atom. The fourth-order valence-electron chi connectivity index (χ4n) is 2.78. The molecule has 1 N–H and O–H groups in total. The average Bonchev–Trinajstić information content (AvgIpc) is 2.48. The summed E-state index contributed by atoms with van der Waals surface area (Å²) in [5.41, 5.74) is 2.34. The van der Waals surface area contributed by atoms with Gasteiger partial charge in [0, 0.05) is 18.9 Å². The van der Waals surface area contributed by atoms with Gasteiger partial charge in [-0.25, -0.2) is 0 Å².